The molecule has 3 heterocycles. The van der Waals surface area contributed by atoms with Crippen LogP contribution in [0, 0.1) is 17.5 Å². The van der Waals surface area contributed by atoms with Gasteiger partial charge in [-0.2, -0.15) is 9.97 Å². The molecule has 4 aromatic rings. The number of aromatic hydroxyl groups is 1. The lowest BCUT2D eigenvalue weighted by molar-refractivity contribution is -0.157. The third kappa shape index (κ3) is 4.71. The lowest BCUT2D eigenvalue weighted by Gasteiger charge is -2.34. The molecule has 1 aromatic heterocycles. The zero-order valence-electron chi connectivity index (χ0n) is 22.7. The molecule has 41 heavy (non-hydrogen) atoms. The van der Waals surface area contributed by atoms with Crippen molar-refractivity contribution in [1.82, 2.24) is 20.2 Å². The summed E-state index contributed by atoms with van der Waals surface area (Å²) in [6, 6.07) is 6.41. The topological polar surface area (TPSA) is 100 Å². The first-order chi connectivity index (χ1) is 19.6. The number of piperazine rings is 1. The molecule has 2 aliphatic heterocycles. The van der Waals surface area contributed by atoms with Gasteiger partial charge in [0, 0.05) is 44.7 Å². The van der Waals surface area contributed by atoms with Crippen molar-refractivity contribution in [1.29, 1.82) is 0 Å². The molecule has 0 radical (unpaired) electrons. The molecule has 9 nitrogen and oxygen atoms in total. The number of rotatable bonds is 5. The van der Waals surface area contributed by atoms with E-state index in [4.69, 9.17) is 9.78 Å². The van der Waals surface area contributed by atoms with Gasteiger partial charge in [-0.25, -0.2) is 27.7 Å². The Labute approximate surface area is 233 Å². The van der Waals surface area contributed by atoms with Crippen molar-refractivity contribution in [2.45, 2.75) is 38.3 Å². The van der Waals surface area contributed by atoms with Crippen LogP contribution < -0.4 is 15.1 Å². The number of hydrogen-bond donors (Lipinski definition) is 2. The van der Waals surface area contributed by atoms with E-state index >= 15 is 8.78 Å². The van der Waals surface area contributed by atoms with Crippen molar-refractivity contribution in [3.05, 3.63) is 53.3 Å². The summed E-state index contributed by atoms with van der Waals surface area (Å²) >= 11 is 0. The Kier molecular flexibility index (Phi) is 6.72. The molecule has 2 unspecified atom stereocenters. The van der Waals surface area contributed by atoms with Crippen molar-refractivity contribution in [2.24, 2.45) is 0 Å². The minimum absolute atomic E-state index is 0.0184. The zero-order valence-corrected chi connectivity index (χ0v) is 22.7. The molecule has 0 aliphatic carbocycles. The lowest BCUT2D eigenvalue weighted by atomic mass is 9.91. The number of carbonyl (C=O) groups is 1. The fourth-order valence-corrected chi connectivity index (χ4v) is 5.85. The molecule has 12 heteroatoms. The Morgan fingerprint density at radius 2 is 1.83 bits per heavy atom. The number of nitrogens with zero attached hydrogens (tertiary/aromatic N) is 4. The molecule has 1 amide bonds. The number of nitrogens with one attached hydrogen (secondary N) is 1. The highest BCUT2D eigenvalue weighted by atomic mass is 19.1. The number of aryl methyl sites for hydroxylation is 1. The molecule has 2 N–H and O–H groups in total. The number of aromatic nitrogens is 2. The smallest absolute Gasteiger partial charge is 0.452 e. The number of hydrogen-bond acceptors (Lipinski definition) is 8. The Balaban J connectivity index is 1.58. The highest BCUT2D eigenvalue weighted by Crippen LogP contribution is 2.42. The highest BCUT2D eigenvalue weighted by molar-refractivity contribution is 6.03. The van der Waals surface area contributed by atoms with Crippen LogP contribution in [0.1, 0.15) is 25.3 Å². The molecule has 6 rings (SSSR count). The summed E-state index contributed by atoms with van der Waals surface area (Å²) in [5.41, 5.74) is -0.523. The predicted molar refractivity (Wildman–Crippen MR) is 146 cm³/mol. The van der Waals surface area contributed by atoms with E-state index in [1.54, 1.807) is 6.92 Å². The van der Waals surface area contributed by atoms with E-state index in [0.717, 1.165) is 23.8 Å². The van der Waals surface area contributed by atoms with E-state index in [1.807, 2.05) is 4.90 Å². The Hall–Kier alpha value is -4.32. The average molecular weight is 568 g/mol. The molecule has 0 spiro atoms. The molecule has 2 bridgehead atoms. The third-order valence-corrected chi connectivity index (χ3v) is 7.69. The van der Waals surface area contributed by atoms with Crippen LogP contribution in [0.4, 0.5) is 23.8 Å². The quantitative estimate of drug-likeness (QED) is 0.255. The summed E-state index contributed by atoms with van der Waals surface area (Å²) in [7, 11) is 2.91. The first-order valence-electron chi connectivity index (χ1n) is 13.4. The fraction of sp³-hybridized carbons (Fsp3) is 0.345. The van der Waals surface area contributed by atoms with Gasteiger partial charge in [0.25, 0.3) is 0 Å². The van der Waals surface area contributed by atoms with E-state index < -0.39 is 35.1 Å². The van der Waals surface area contributed by atoms with Crippen LogP contribution in [0.15, 0.2) is 30.3 Å². The van der Waals surface area contributed by atoms with E-state index in [1.165, 1.54) is 38.4 Å². The second kappa shape index (κ2) is 10.3. The SMILES string of the molecule is CCc1c(F)ccc2cc(O)cc(-c3c(F)cc4c(N5CC6CCC(C5)N6)nc(OOC(=O)N(C)C)nc4c3F)c12. The number of anilines is 1. The van der Waals surface area contributed by atoms with Crippen molar-refractivity contribution >= 4 is 33.6 Å². The summed E-state index contributed by atoms with van der Waals surface area (Å²) in [6.45, 7) is 2.82. The van der Waals surface area contributed by atoms with E-state index in [2.05, 4.69) is 15.3 Å². The molecule has 3 aromatic carbocycles. The van der Waals surface area contributed by atoms with Crippen molar-refractivity contribution in [3.63, 3.8) is 0 Å². The van der Waals surface area contributed by atoms with Crippen molar-refractivity contribution in [3.8, 4) is 22.9 Å². The van der Waals surface area contributed by atoms with Crippen LogP contribution in [-0.4, -0.2) is 65.3 Å². The van der Waals surface area contributed by atoms with Gasteiger partial charge in [0.05, 0.1) is 5.56 Å². The van der Waals surface area contributed by atoms with Gasteiger partial charge in [-0.3, -0.25) is 0 Å². The van der Waals surface area contributed by atoms with Gasteiger partial charge in [0.1, 0.15) is 28.7 Å². The normalized spacial score (nSPS) is 18.2. The Morgan fingerprint density at radius 3 is 2.51 bits per heavy atom. The molecule has 2 fully saturated rings. The molecule has 2 atom stereocenters. The van der Waals surface area contributed by atoms with Crippen LogP contribution in [0.2, 0.25) is 0 Å². The second-order valence-electron chi connectivity index (χ2n) is 10.6. The summed E-state index contributed by atoms with van der Waals surface area (Å²) in [5, 5.41) is 14.7. The number of benzene rings is 3. The van der Waals surface area contributed by atoms with Gasteiger partial charge in [-0.15, -0.1) is 0 Å². The first-order valence-corrected chi connectivity index (χ1v) is 13.4. The van der Waals surface area contributed by atoms with Crippen LogP contribution in [0.25, 0.3) is 32.8 Å². The number of carbonyl (C=O) groups excluding carboxylic acids is 1. The maximum atomic E-state index is 16.5. The van der Waals surface area contributed by atoms with Gasteiger partial charge in [-0.1, -0.05) is 13.0 Å². The van der Waals surface area contributed by atoms with Crippen LogP contribution >= 0.6 is 0 Å². The lowest BCUT2D eigenvalue weighted by Crippen LogP contribution is -2.51. The third-order valence-electron chi connectivity index (χ3n) is 7.69. The summed E-state index contributed by atoms with van der Waals surface area (Å²) < 4.78 is 47.3. The minimum atomic E-state index is -1.05. The van der Waals surface area contributed by atoms with Gasteiger partial charge in [0.2, 0.25) is 0 Å². The number of phenolic OH excluding ortho intramolecular Hbond substituents is 1. The first kappa shape index (κ1) is 26.9. The van der Waals surface area contributed by atoms with Gasteiger partial charge >= 0.3 is 12.1 Å². The van der Waals surface area contributed by atoms with E-state index in [-0.39, 0.29) is 57.5 Å². The predicted octanol–water partition coefficient (Wildman–Crippen LogP) is 5.07. The molecule has 214 valence electrons. The fourth-order valence-electron chi connectivity index (χ4n) is 5.85. The van der Waals surface area contributed by atoms with Crippen molar-refractivity contribution < 1.29 is 32.8 Å². The number of halogens is 3. The van der Waals surface area contributed by atoms with E-state index in [0.29, 0.717) is 18.5 Å². The summed E-state index contributed by atoms with van der Waals surface area (Å²) in [5.74, 6) is -2.51. The van der Waals surface area contributed by atoms with Crippen molar-refractivity contribution in [2.75, 3.05) is 32.1 Å². The number of phenols is 1. The summed E-state index contributed by atoms with van der Waals surface area (Å²) in [4.78, 5) is 33.5. The number of amides is 1. The van der Waals surface area contributed by atoms with Crippen LogP contribution in [-0.2, 0) is 11.3 Å². The maximum Gasteiger partial charge on any atom is 0.452 e. The van der Waals surface area contributed by atoms with Gasteiger partial charge in [-0.05, 0) is 65.4 Å². The molecule has 2 saturated heterocycles. The molecular weight excluding hydrogens is 539 g/mol. The zero-order chi connectivity index (χ0) is 29.0. The monoisotopic (exact) mass is 567 g/mol. The largest absolute Gasteiger partial charge is 0.508 e. The van der Waals surface area contributed by atoms with Gasteiger partial charge < -0.3 is 20.2 Å². The molecule has 0 saturated carbocycles. The van der Waals surface area contributed by atoms with Crippen LogP contribution in [0.3, 0.4) is 0 Å². The highest BCUT2D eigenvalue weighted by Gasteiger charge is 2.35. The second-order valence-corrected chi connectivity index (χ2v) is 10.6. The Bertz CT molecular complexity index is 1690. The molecule has 2 aliphatic rings. The van der Waals surface area contributed by atoms with Crippen LogP contribution in [0.5, 0.6) is 11.8 Å². The van der Waals surface area contributed by atoms with E-state index in [9.17, 15) is 14.3 Å². The number of fused-ring (bicyclic) bond motifs is 4. The molecular formula is C29H28F3N5O4. The average Bonchev–Trinajstić information content (AvgIpc) is 3.28. The Morgan fingerprint density at radius 1 is 1.10 bits per heavy atom. The van der Waals surface area contributed by atoms with Gasteiger partial charge in [0.15, 0.2) is 5.82 Å². The standard InChI is InChI=1S/C29H28F3N5O4/c1-4-18-21(30)8-5-14-9-17(38)10-19(23(14)18)24-22(31)11-20-26(25(24)32)34-28(40-41-29(39)36(2)3)35-27(20)37-12-15-6-7-16(13-37)33-15/h5,8-11,15-16,33,38H,4,6-7,12-13H2,1-3H3. The minimum Gasteiger partial charge on any atom is -0.508 e. The maximum absolute atomic E-state index is 16.5. The summed E-state index contributed by atoms with van der Waals surface area (Å²) in [6.07, 6.45) is 1.34.